The predicted molar refractivity (Wildman–Crippen MR) is 73.9 cm³/mol. The van der Waals surface area contributed by atoms with Crippen LogP contribution < -0.4 is 11.1 Å². The number of nitrogens with two attached hydrogens (primary N) is 1. The molecule has 6 nitrogen and oxygen atoms in total. The van der Waals surface area contributed by atoms with Gasteiger partial charge in [0.25, 0.3) is 5.91 Å². The Balaban J connectivity index is 1.71. The summed E-state index contributed by atoms with van der Waals surface area (Å²) in [6, 6.07) is 0. The normalized spacial score (nSPS) is 15.3. The lowest BCUT2D eigenvalue weighted by molar-refractivity contribution is -0.131. The first-order valence-corrected chi connectivity index (χ1v) is 7.32. The molecule has 0 unspecified atom stereocenters. The van der Waals surface area contributed by atoms with Gasteiger partial charge in [0.2, 0.25) is 5.91 Å². The van der Waals surface area contributed by atoms with Crippen LogP contribution in [0.1, 0.15) is 36.2 Å². The number of nitrogen functional groups attached to an aromatic ring is 1. The van der Waals surface area contributed by atoms with Crippen LogP contribution in [-0.4, -0.2) is 41.3 Å². The fourth-order valence-electron chi connectivity index (χ4n) is 2.07. The van der Waals surface area contributed by atoms with Crippen molar-refractivity contribution in [2.24, 2.45) is 0 Å². The van der Waals surface area contributed by atoms with Crippen molar-refractivity contribution in [3.63, 3.8) is 0 Å². The Bertz CT molecular complexity index is 454. The molecular formula is C12H18N4O2S. The number of rotatable bonds is 4. The highest BCUT2D eigenvalue weighted by atomic mass is 32.1. The monoisotopic (exact) mass is 282 g/mol. The van der Waals surface area contributed by atoms with E-state index in [2.05, 4.69) is 10.3 Å². The summed E-state index contributed by atoms with van der Waals surface area (Å²) in [6.07, 6.45) is 3.70. The van der Waals surface area contributed by atoms with Crippen LogP contribution in [0.2, 0.25) is 0 Å². The van der Waals surface area contributed by atoms with Gasteiger partial charge in [-0.25, -0.2) is 4.98 Å². The number of hydrogen-bond donors (Lipinski definition) is 2. The molecule has 0 saturated carbocycles. The Morgan fingerprint density at radius 3 is 2.74 bits per heavy atom. The zero-order chi connectivity index (χ0) is 13.7. The molecule has 1 aromatic heterocycles. The quantitative estimate of drug-likeness (QED) is 0.857. The molecule has 0 radical (unpaired) electrons. The maximum absolute atomic E-state index is 11.9. The molecule has 7 heteroatoms. The SMILES string of the molecule is Nc1nc(C(=O)NCCC(=O)N2CCCCC2)cs1. The summed E-state index contributed by atoms with van der Waals surface area (Å²) in [4.78, 5) is 29.3. The third-order valence-electron chi connectivity index (χ3n) is 3.09. The van der Waals surface area contributed by atoms with E-state index < -0.39 is 0 Å². The first-order chi connectivity index (χ1) is 9.16. The van der Waals surface area contributed by atoms with Crippen LogP contribution in [0.4, 0.5) is 5.13 Å². The molecule has 0 atom stereocenters. The number of likely N-dealkylation sites (tertiary alicyclic amines) is 1. The molecular weight excluding hydrogens is 264 g/mol. The topological polar surface area (TPSA) is 88.3 Å². The third kappa shape index (κ3) is 3.92. The van der Waals surface area contributed by atoms with Crippen LogP contribution in [0.5, 0.6) is 0 Å². The fraction of sp³-hybridized carbons (Fsp3) is 0.583. The van der Waals surface area contributed by atoms with E-state index in [1.165, 1.54) is 17.8 Å². The number of piperidine rings is 1. The van der Waals surface area contributed by atoms with Crippen LogP contribution in [-0.2, 0) is 4.79 Å². The van der Waals surface area contributed by atoms with Crippen molar-refractivity contribution in [1.82, 2.24) is 15.2 Å². The first-order valence-electron chi connectivity index (χ1n) is 6.44. The van der Waals surface area contributed by atoms with Crippen molar-refractivity contribution in [2.75, 3.05) is 25.4 Å². The second kappa shape index (κ2) is 6.51. The molecule has 2 amide bonds. The van der Waals surface area contributed by atoms with Crippen molar-refractivity contribution < 1.29 is 9.59 Å². The van der Waals surface area contributed by atoms with E-state index >= 15 is 0 Å². The standard InChI is InChI=1S/C12H18N4O2S/c13-12-15-9(8-19-12)11(18)14-5-4-10(17)16-6-2-1-3-7-16/h8H,1-7H2,(H2,13,15)(H,14,18). The van der Waals surface area contributed by atoms with Crippen LogP contribution in [0.25, 0.3) is 0 Å². The van der Waals surface area contributed by atoms with E-state index in [4.69, 9.17) is 5.73 Å². The zero-order valence-corrected chi connectivity index (χ0v) is 11.5. The van der Waals surface area contributed by atoms with E-state index in [1.807, 2.05) is 4.90 Å². The van der Waals surface area contributed by atoms with Gasteiger partial charge in [-0.05, 0) is 19.3 Å². The number of hydrogen-bond acceptors (Lipinski definition) is 5. The molecule has 3 N–H and O–H groups in total. The second-order valence-corrected chi connectivity index (χ2v) is 5.41. The molecule has 104 valence electrons. The first kappa shape index (κ1) is 13.8. The average Bonchev–Trinajstić information content (AvgIpc) is 2.86. The maximum atomic E-state index is 11.9. The molecule has 19 heavy (non-hydrogen) atoms. The highest BCUT2D eigenvalue weighted by molar-refractivity contribution is 7.13. The van der Waals surface area contributed by atoms with Gasteiger partial charge >= 0.3 is 0 Å². The predicted octanol–water partition coefficient (Wildman–Crippen LogP) is 0.858. The van der Waals surface area contributed by atoms with E-state index in [9.17, 15) is 9.59 Å². The van der Waals surface area contributed by atoms with Crippen LogP contribution in [0.3, 0.4) is 0 Å². The number of nitrogens with zero attached hydrogens (tertiary/aromatic N) is 2. The minimum atomic E-state index is -0.278. The van der Waals surface area contributed by atoms with Crippen molar-refractivity contribution in [1.29, 1.82) is 0 Å². The summed E-state index contributed by atoms with van der Waals surface area (Å²) in [5.41, 5.74) is 5.77. The minimum Gasteiger partial charge on any atom is -0.375 e. The molecule has 0 aromatic carbocycles. The Morgan fingerprint density at radius 2 is 2.11 bits per heavy atom. The Kier molecular flexibility index (Phi) is 4.73. The number of carbonyl (C=O) groups excluding carboxylic acids is 2. The molecule has 0 aliphatic carbocycles. The summed E-state index contributed by atoms with van der Waals surface area (Å²) >= 11 is 1.23. The lowest BCUT2D eigenvalue weighted by Gasteiger charge is -2.26. The van der Waals surface area contributed by atoms with Gasteiger partial charge in [-0.1, -0.05) is 0 Å². The number of thiazole rings is 1. The van der Waals surface area contributed by atoms with Gasteiger partial charge in [0.15, 0.2) is 5.13 Å². The largest absolute Gasteiger partial charge is 0.375 e. The van der Waals surface area contributed by atoms with E-state index in [1.54, 1.807) is 5.38 Å². The van der Waals surface area contributed by atoms with Gasteiger partial charge in [0, 0.05) is 31.4 Å². The lowest BCUT2D eigenvalue weighted by atomic mass is 10.1. The summed E-state index contributed by atoms with van der Waals surface area (Å²) in [7, 11) is 0. The van der Waals surface area contributed by atoms with Gasteiger partial charge in [-0.3, -0.25) is 9.59 Å². The summed E-state index contributed by atoms with van der Waals surface area (Å²) in [5.74, 6) is -0.169. The summed E-state index contributed by atoms with van der Waals surface area (Å²) < 4.78 is 0. The number of nitrogens with one attached hydrogen (secondary N) is 1. The van der Waals surface area contributed by atoms with Crippen molar-refractivity contribution >= 4 is 28.3 Å². The van der Waals surface area contributed by atoms with E-state index in [-0.39, 0.29) is 11.8 Å². The molecule has 0 bridgehead atoms. The smallest absolute Gasteiger partial charge is 0.270 e. The number of carbonyl (C=O) groups is 2. The Hall–Kier alpha value is -1.63. The van der Waals surface area contributed by atoms with Crippen LogP contribution in [0, 0.1) is 0 Å². The summed E-state index contributed by atoms with van der Waals surface area (Å²) in [5, 5.41) is 4.66. The average molecular weight is 282 g/mol. The minimum absolute atomic E-state index is 0.109. The van der Waals surface area contributed by atoms with Crippen LogP contribution >= 0.6 is 11.3 Å². The van der Waals surface area contributed by atoms with Crippen molar-refractivity contribution in [3.8, 4) is 0 Å². The zero-order valence-electron chi connectivity index (χ0n) is 10.7. The highest BCUT2D eigenvalue weighted by Crippen LogP contribution is 2.11. The molecule has 1 aliphatic rings. The van der Waals surface area contributed by atoms with E-state index in [0.29, 0.717) is 23.8 Å². The molecule has 1 aliphatic heterocycles. The van der Waals surface area contributed by atoms with Gasteiger partial charge in [-0.2, -0.15) is 0 Å². The Labute approximate surface area is 116 Å². The molecule has 0 spiro atoms. The molecule has 1 saturated heterocycles. The number of anilines is 1. The molecule has 1 fully saturated rings. The number of amides is 2. The molecule has 1 aromatic rings. The van der Waals surface area contributed by atoms with Gasteiger partial charge in [-0.15, -0.1) is 11.3 Å². The third-order valence-corrected chi connectivity index (χ3v) is 3.76. The lowest BCUT2D eigenvalue weighted by Crippen LogP contribution is -2.37. The number of aromatic nitrogens is 1. The van der Waals surface area contributed by atoms with Crippen molar-refractivity contribution in [2.45, 2.75) is 25.7 Å². The van der Waals surface area contributed by atoms with Gasteiger partial charge in [0.1, 0.15) is 5.69 Å². The summed E-state index contributed by atoms with van der Waals surface area (Å²) in [6.45, 7) is 2.02. The van der Waals surface area contributed by atoms with Crippen LogP contribution in [0.15, 0.2) is 5.38 Å². The van der Waals surface area contributed by atoms with Gasteiger partial charge < -0.3 is 16.0 Å². The second-order valence-electron chi connectivity index (χ2n) is 4.52. The fourth-order valence-corrected chi connectivity index (χ4v) is 2.61. The van der Waals surface area contributed by atoms with Crippen molar-refractivity contribution in [3.05, 3.63) is 11.1 Å². The highest BCUT2D eigenvalue weighted by Gasteiger charge is 2.16. The Morgan fingerprint density at radius 1 is 1.37 bits per heavy atom. The maximum Gasteiger partial charge on any atom is 0.270 e. The molecule has 2 rings (SSSR count). The van der Waals surface area contributed by atoms with E-state index in [0.717, 1.165) is 25.9 Å². The van der Waals surface area contributed by atoms with Gasteiger partial charge in [0.05, 0.1) is 0 Å². The molecule has 2 heterocycles.